The van der Waals surface area contributed by atoms with Crippen molar-refractivity contribution in [3.63, 3.8) is 0 Å². The molecule has 0 radical (unpaired) electrons. The van der Waals surface area contributed by atoms with Gasteiger partial charge in [-0.25, -0.2) is 0 Å². The number of hydrogen-bond donors (Lipinski definition) is 2. The second-order valence-electron chi connectivity index (χ2n) is 5.52. The number of ether oxygens (including phenoxy) is 2. The molecule has 4 heteroatoms. The summed E-state index contributed by atoms with van der Waals surface area (Å²) in [6, 6.07) is 7.57. The average Bonchev–Trinajstić information content (AvgIpc) is 3.29. The molecule has 4 nitrogen and oxygen atoms in total. The highest BCUT2D eigenvalue weighted by molar-refractivity contribution is 5.35. The van der Waals surface area contributed by atoms with Gasteiger partial charge in [-0.3, -0.25) is 0 Å². The standard InChI is InChI=1S/C13H19NO.C4H10O2/c1-9-6-11(8-13(7-9)15-3)10(2)14-12-4-5-12;1-6-4-2-3-5/h6-8,10,12,14H,4-5H2,1-3H3;5H,2-4H2,1H3. The Morgan fingerprint density at radius 3 is 2.48 bits per heavy atom. The second kappa shape index (κ2) is 9.77. The monoisotopic (exact) mass is 295 g/mol. The number of rotatable bonds is 7. The van der Waals surface area contributed by atoms with E-state index in [0.29, 0.717) is 12.6 Å². The second-order valence-corrected chi connectivity index (χ2v) is 5.52. The first-order chi connectivity index (χ1) is 10.1. The van der Waals surface area contributed by atoms with E-state index in [1.807, 2.05) is 0 Å². The van der Waals surface area contributed by atoms with Crippen LogP contribution in [-0.2, 0) is 4.74 Å². The van der Waals surface area contributed by atoms with Crippen molar-refractivity contribution in [1.29, 1.82) is 0 Å². The third-order valence-electron chi connectivity index (χ3n) is 3.38. The van der Waals surface area contributed by atoms with Crippen molar-refractivity contribution in [2.45, 2.75) is 45.2 Å². The minimum Gasteiger partial charge on any atom is -0.497 e. The fourth-order valence-electron chi connectivity index (χ4n) is 2.05. The molecule has 1 unspecified atom stereocenters. The van der Waals surface area contributed by atoms with Gasteiger partial charge in [0.15, 0.2) is 0 Å². The van der Waals surface area contributed by atoms with Gasteiger partial charge in [-0.1, -0.05) is 6.07 Å². The summed E-state index contributed by atoms with van der Waals surface area (Å²) in [5.74, 6) is 0.953. The summed E-state index contributed by atoms with van der Waals surface area (Å²) in [5.41, 5.74) is 2.58. The fraction of sp³-hybridized carbons (Fsp3) is 0.647. The lowest BCUT2D eigenvalue weighted by Gasteiger charge is -2.15. The Balaban J connectivity index is 0.000000315. The maximum Gasteiger partial charge on any atom is 0.119 e. The molecule has 0 amide bonds. The average molecular weight is 295 g/mol. The molecule has 0 heterocycles. The molecule has 0 saturated heterocycles. The number of hydrogen-bond acceptors (Lipinski definition) is 4. The first kappa shape index (κ1) is 18.0. The van der Waals surface area contributed by atoms with Crippen LogP contribution in [0.1, 0.15) is 43.4 Å². The van der Waals surface area contributed by atoms with Crippen molar-refractivity contribution in [3.8, 4) is 5.75 Å². The quantitative estimate of drug-likeness (QED) is 0.760. The zero-order valence-electron chi connectivity index (χ0n) is 13.7. The highest BCUT2D eigenvalue weighted by Crippen LogP contribution is 2.26. The van der Waals surface area contributed by atoms with Gasteiger partial charge < -0.3 is 19.9 Å². The molecule has 1 aliphatic carbocycles. The van der Waals surface area contributed by atoms with E-state index in [4.69, 9.17) is 9.84 Å². The van der Waals surface area contributed by atoms with Gasteiger partial charge in [-0.15, -0.1) is 0 Å². The van der Waals surface area contributed by atoms with Crippen molar-refractivity contribution in [2.75, 3.05) is 27.4 Å². The Morgan fingerprint density at radius 2 is 2.00 bits per heavy atom. The van der Waals surface area contributed by atoms with Gasteiger partial charge in [-0.2, -0.15) is 0 Å². The van der Waals surface area contributed by atoms with Crippen molar-refractivity contribution in [1.82, 2.24) is 5.32 Å². The molecule has 0 aliphatic heterocycles. The third kappa shape index (κ3) is 7.46. The lowest BCUT2D eigenvalue weighted by atomic mass is 10.1. The summed E-state index contributed by atoms with van der Waals surface area (Å²) < 4.78 is 9.90. The molecule has 2 N–H and O–H groups in total. The normalized spacial score (nSPS) is 15.1. The zero-order chi connectivity index (χ0) is 15.7. The molecule has 2 rings (SSSR count). The van der Waals surface area contributed by atoms with Gasteiger partial charge in [0.1, 0.15) is 5.75 Å². The summed E-state index contributed by atoms with van der Waals surface area (Å²) in [4.78, 5) is 0. The predicted octanol–water partition coefficient (Wildman–Crippen LogP) is 2.83. The van der Waals surface area contributed by atoms with E-state index < -0.39 is 0 Å². The Morgan fingerprint density at radius 1 is 1.29 bits per heavy atom. The van der Waals surface area contributed by atoms with Crippen LogP contribution in [0.25, 0.3) is 0 Å². The van der Waals surface area contributed by atoms with E-state index >= 15 is 0 Å². The summed E-state index contributed by atoms with van der Waals surface area (Å²) >= 11 is 0. The maximum atomic E-state index is 8.12. The SMILES string of the molecule is COCCCO.COc1cc(C)cc(C(C)NC2CC2)c1. The number of aryl methyl sites for hydroxylation is 1. The van der Waals surface area contributed by atoms with Crippen LogP contribution in [0.2, 0.25) is 0 Å². The number of aliphatic hydroxyl groups is 1. The van der Waals surface area contributed by atoms with Gasteiger partial charge in [0.25, 0.3) is 0 Å². The van der Waals surface area contributed by atoms with Crippen LogP contribution in [0.15, 0.2) is 18.2 Å². The lowest BCUT2D eigenvalue weighted by molar-refractivity contribution is 0.166. The molecule has 1 aliphatic rings. The lowest BCUT2D eigenvalue weighted by Crippen LogP contribution is -2.20. The number of methoxy groups -OCH3 is 2. The molecule has 0 spiro atoms. The van der Waals surface area contributed by atoms with E-state index in [1.165, 1.54) is 24.0 Å². The minimum atomic E-state index is 0.230. The van der Waals surface area contributed by atoms with Gasteiger partial charge in [-0.05, 0) is 56.4 Å². The summed E-state index contributed by atoms with van der Waals surface area (Å²) in [6.45, 7) is 5.22. The molecule has 120 valence electrons. The maximum absolute atomic E-state index is 8.12. The van der Waals surface area contributed by atoms with Crippen LogP contribution in [0.3, 0.4) is 0 Å². The molecule has 1 saturated carbocycles. The van der Waals surface area contributed by atoms with Gasteiger partial charge in [0, 0.05) is 32.4 Å². The highest BCUT2D eigenvalue weighted by Gasteiger charge is 2.23. The molecule has 1 fully saturated rings. The van der Waals surface area contributed by atoms with Crippen molar-refractivity contribution in [2.24, 2.45) is 0 Å². The van der Waals surface area contributed by atoms with E-state index in [0.717, 1.165) is 18.2 Å². The highest BCUT2D eigenvalue weighted by atomic mass is 16.5. The fourth-order valence-corrected chi connectivity index (χ4v) is 2.05. The minimum absolute atomic E-state index is 0.230. The Hall–Kier alpha value is -1.10. The van der Waals surface area contributed by atoms with Gasteiger partial charge >= 0.3 is 0 Å². The Labute approximate surface area is 128 Å². The topological polar surface area (TPSA) is 50.7 Å². The largest absolute Gasteiger partial charge is 0.497 e. The Bertz CT molecular complexity index is 401. The molecule has 0 aromatic heterocycles. The first-order valence-electron chi connectivity index (χ1n) is 7.62. The van der Waals surface area contributed by atoms with E-state index in [2.05, 4.69) is 42.1 Å². The van der Waals surface area contributed by atoms with Crippen LogP contribution >= 0.6 is 0 Å². The molecule has 21 heavy (non-hydrogen) atoms. The van der Waals surface area contributed by atoms with Crippen LogP contribution < -0.4 is 10.1 Å². The molecule has 1 atom stereocenters. The number of aliphatic hydroxyl groups excluding tert-OH is 1. The predicted molar refractivity (Wildman–Crippen MR) is 85.9 cm³/mol. The number of benzene rings is 1. The van der Waals surface area contributed by atoms with Gasteiger partial charge in [0.05, 0.1) is 7.11 Å². The van der Waals surface area contributed by atoms with E-state index in [1.54, 1.807) is 14.2 Å². The molecule has 0 bridgehead atoms. The molecule has 1 aromatic rings. The van der Waals surface area contributed by atoms with Crippen LogP contribution in [-0.4, -0.2) is 38.6 Å². The smallest absolute Gasteiger partial charge is 0.119 e. The summed E-state index contributed by atoms with van der Waals surface area (Å²) in [5, 5.41) is 11.7. The van der Waals surface area contributed by atoms with Crippen molar-refractivity contribution >= 4 is 0 Å². The first-order valence-corrected chi connectivity index (χ1v) is 7.62. The van der Waals surface area contributed by atoms with Crippen molar-refractivity contribution in [3.05, 3.63) is 29.3 Å². The summed E-state index contributed by atoms with van der Waals surface area (Å²) in [6.07, 6.45) is 3.40. The molecular formula is C17H29NO3. The van der Waals surface area contributed by atoms with E-state index in [9.17, 15) is 0 Å². The van der Waals surface area contributed by atoms with Crippen LogP contribution in [0.5, 0.6) is 5.75 Å². The Kier molecular flexibility index (Phi) is 8.35. The van der Waals surface area contributed by atoms with Crippen molar-refractivity contribution < 1.29 is 14.6 Å². The zero-order valence-corrected chi connectivity index (χ0v) is 13.7. The summed E-state index contributed by atoms with van der Waals surface area (Å²) in [7, 11) is 3.34. The van der Waals surface area contributed by atoms with Gasteiger partial charge in [0.2, 0.25) is 0 Å². The van der Waals surface area contributed by atoms with Crippen LogP contribution in [0, 0.1) is 6.92 Å². The third-order valence-corrected chi connectivity index (χ3v) is 3.38. The van der Waals surface area contributed by atoms with Crippen LogP contribution in [0.4, 0.5) is 0 Å². The number of nitrogens with one attached hydrogen (secondary N) is 1. The van der Waals surface area contributed by atoms with E-state index in [-0.39, 0.29) is 6.61 Å². The molecular weight excluding hydrogens is 266 g/mol. The molecule has 1 aromatic carbocycles.